The fraction of sp³-hybridized carbons (Fsp3) is 0.455. The summed E-state index contributed by atoms with van der Waals surface area (Å²) in [5.41, 5.74) is 7.18. The van der Waals surface area contributed by atoms with Crippen molar-refractivity contribution in [3.63, 3.8) is 0 Å². The van der Waals surface area contributed by atoms with Gasteiger partial charge < -0.3 is 10.6 Å². The van der Waals surface area contributed by atoms with E-state index in [0.717, 1.165) is 23.7 Å². The molecule has 1 saturated heterocycles. The third-order valence-electron chi connectivity index (χ3n) is 2.91. The average molecular weight is 245 g/mol. The van der Waals surface area contributed by atoms with Gasteiger partial charge in [0.05, 0.1) is 0 Å². The molecule has 2 atom stereocenters. The van der Waals surface area contributed by atoms with Gasteiger partial charge in [0.1, 0.15) is 0 Å². The molecule has 0 radical (unpaired) electrons. The first kappa shape index (κ1) is 11.2. The predicted molar refractivity (Wildman–Crippen MR) is 64.7 cm³/mol. The summed E-state index contributed by atoms with van der Waals surface area (Å²) in [7, 11) is 2.07. The molecule has 1 heterocycles. The Hall–Kier alpha value is -0.280. The molecule has 2 rings (SSSR count). The number of hydrogen-bond acceptors (Lipinski definition) is 2. The van der Waals surface area contributed by atoms with Gasteiger partial charge in [0.15, 0.2) is 0 Å². The molecule has 0 aliphatic carbocycles. The third-order valence-corrected chi connectivity index (χ3v) is 3.47. The van der Waals surface area contributed by atoms with Crippen LogP contribution in [0.25, 0.3) is 0 Å². The molecule has 0 spiro atoms. The van der Waals surface area contributed by atoms with E-state index in [-0.39, 0.29) is 6.04 Å². The van der Waals surface area contributed by atoms with Gasteiger partial charge in [-0.05, 0) is 24.7 Å². The highest BCUT2D eigenvalue weighted by Crippen LogP contribution is 2.32. The lowest BCUT2D eigenvalue weighted by Gasteiger charge is -2.16. The molecular weight excluding hydrogens is 231 g/mol. The minimum Gasteiger partial charge on any atom is -0.326 e. The molecule has 2 nitrogen and oxygen atoms in total. The molecule has 1 fully saturated rings. The van der Waals surface area contributed by atoms with Crippen LogP contribution in [0.5, 0.6) is 0 Å². The molecule has 2 unspecified atom stereocenters. The van der Waals surface area contributed by atoms with Crippen molar-refractivity contribution in [2.24, 2.45) is 5.73 Å². The SMILES string of the molecule is CN1CC(N)C(c2ccc(Cl)cc2Cl)C1. The van der Waals surface area contributed by atoms with Crippen molar-refractivity contribution in [3.05, 3.63) is 33.8 Å². The highest BCUT2D eigenvalue weighted by Gasteiger charge is 2.30. The number of likely N-dealkylation sites (N-methyl/N-ethyl adjacent to an activating group) is 1. The van der Waals surface area contributed by atoms with Crippen LogP contribution < -0.4 is 5.73 Å². The van der Waals surface area contributed by atoms with Crippen molar-refractivity contribution in [2.45, 2.75) is 12.0 Å². The Labute approximate surface area is 100.0 Å². The minimum atomic E-state index is 0.161. The lowest BCUT2D eigenvalue weighted by atomic mass is 9.95. The van der Waals surface area contributed by atoms with E-state index in [2.05, 4.69) is 11.9 Å². The Morgan fingerprint density at radius 1 is 1.33 bits per heavy atom. The standard InChI is InChI=1S/C11H14Cl2N2/c1-15-5-9(11(14)6-15)8-3-2-7(12)4-10(8)13/h2-4,9,11H,5-6,14H2,1H3. The third kappa shape index (κ3) is 2.28. The van der Waals surface area contributed by atoms with Crippen molar-refractivity contribution >= 4 is 23.2 Å². The molecule has 1 aromatic carbocycles. The summed E-state index contributed by atoms with van der Waals surface area (Å²) >= 11 is 12.0. The van der Waals surface area contributed by atoms with Crippen LogP contribution in [0.3, 0.4) is 0 Å². The van der Waals surface area contributed by atoms with E-state index in [9.17, 15) is 0 Å². The quantitative estimate of drug-likeness (QED) is 0.822. The van der Waals surface area contributed by atoms with E-state index in [0.29, 0.717) is 10.9 Å². The number of nitrogens with zero attached hydrogens (tertiary/aromatic N) is 1. The summed E-state index contributed by atoms with van der Waals surface area (Å²) in [5.74, 6) is 0.319. The zero-order valence-corrected chi connectivity index (χ0v) is 10.1. The Bertz CT molecular complexity index is 368. The number of nitrogens with two attached hydrogens (primary N) is 1. The summed E-state index contributed by atoms with van der Waals surface area (Å²) in [6.45, 7) is 1.88. The van der Waals surface area contributed by atoms with Crippen molar-refractivity contribution in [1.29, 1.82) is 0 Å². The lowest BCUT2D eigenvalue weighted by Crippen LogP contribution is -2.28. The topological polar surface area (TPSA) is 29.3 Å². The highest BCUT2D eigenvalue weighted by molar-refractivity contribution is 6.35. The van der Waals surface area contributed by atoms with Crippen molar-refractivity contribution < 1.29 is 0 Å². The molecule has 1 aromatic rings. The van der Waals surface area contributed by atoms with Gasteiger partial charge in [0, 0.05) is 35.1 Å². The zero-order chi connectivity index (χ0) is 11.0. The largest absolute Gasteiger partial charge is 0.326 e. The molecule has 0 aromatic heterocycles. The maximum atomic E-state index is 6.16. The summed E-state index contributed by atoms with van der Waals surface area (Å²) in [4.78, 5) is 2.22. The Balaban J connectivity index is 2.29. The van der Waals surface area contributed by atoms with E-state index in [1.54, 1.807) is 6.07 Å². The molecule has 0 bridgehead atoms. The van der Waals surface area contributed by atoms with Crippen LogP contribution >= 0.6 is 23.2 Å². The Kier molecular flexibility index (Phi) is 3.21. The van der Waals surface area contributed by atoms with Crippen LogP contribution in [0, 0.1) is 0 Å². The van der Waals surface area contributed by atoms with Gasteiger partial charge in [-0.3, -0.25) is 0 Å². The molecule has 0 saturated carbocycles. The summed E-state index contributed by atoms with van der Waals surface area (Å²) in [6, 6.07) is 5.79. The van der Waals surface area contributed by atoms with Gasteiger partial charge in [-0.15, -0.1) is 0 Å². The van der Waals surface area contributed by atoms with Gasteiger partial charge >= 0.3 is 0 Å². The van der Waals surface area contributed by atoms with Crippen LogP contribution in [0.15, 0.2) is 18.2 Å². The Morgan fingerprint density at radius 3 is 2.60 bits per heavy atom. The van der Waals surface area contributed by atoms with Gasteiger partial charge in [0.25, 0.3) is 0 Å². The fourth-order valence-corrected chi connectivity index (χ4v) is 2.71. The predicted octanol–water partition coefficient (Wildman–Crippen LogP) is 2.35. The summed E-state index contributed by atoms with van der Waals surface area (Å²) < 4.78 is 0. The molecule has 0 amide bonds. The van der Waals surface area contributed by atoms with E-state index in [4.69, 9.17) is 28.9 Å². The molecule has 82 valence electrons. The van der Waals surface area contributed by atoms with Crippen LogP contribution in [-0.4, -0.2) is 31.1 Å². The van der Waals surface area contributed by atoms with Crippen LogP contribution in [0.1, 0.15) is 11.5 Å². The first-order valence-corrected chi connectivity index (χ1v) is 5.72. The fourth-order valence-electron chi connectivity index (χ4n) is 2.16. The van der Waals surface area contributed by atoms with E-state index >= 15 is 0 Å². The second-order valence-corrected chi connectivity index (χ2v) is 5.00. The molecule has 4 heteroatoms. The minimum absolute atomic E-state index is 0.161. The molecule has 1 aliphatic rings. The first-order chi connectivity index (χ1) is 7.08. The molecule has 1 aliphatic heterocycles. The maximum absolute atomic E-state index is 6.16. The lowest BCUT2D eigenvalue weighted by molar-refractivity contribution is 0.407. The van der Waals surface area contributed by atoms with Crippen LogP contribution in [0.2, 0.25) is 10.0 Å². The smallest absolute Gasteiger partial charge is 0.0456 e. The van der Waals surface area contributed by atoms with Crippen molar-refractivity contribution in [2.75, 3.05) is 20.1 Å². The van der Waals surface area contributed by atoms with E-state index in [1.807, 2.05) is 12.1 Å². The molecule has 15 heavy (non-hydrogen) atoms. The van der Waals surface area contributed by atoms with Gasteiger partial charge in [0.2, 0.25) is 0 Å². The number of halogens is 2. The first-order valence-electron chi connectivity index (χ1n) is 4.97. The van der Waals surface area contributed by atoms with Crippen molar-refractivity contribution in [3.8, 4) is 0 Å². The Morgan fingerprint density at radius 2 is 2.07 bits per heavy atom. The van der Waals surface area contributed by atoms with Crippen LogP contribution in [0.4, 0.5) is 0 Å². The highest BCUT2D eigenvalue weighted by atomic mass is 35.5. The summed E-state index contributed by atoms with van der Waals surface area (Å²) in [6.07, 6.45) is 0. The van der Waals surface area contributed by atoms with Crippen molar-refractivity contribution in [1.82, 2.24) is 4.90 Å². The monoisotopic (exact) mass is 244 g/mol. The number of likely N-dealkylation sites (tertiary alicyclic amines) is 1. The van der Waals surface area contributed by atoms with Gasteiger partial charge in [-0.1, -0.05) is 29.3 Å². The molecular formula is C11H14Cl2N2. The number of hydrogen-bond donors (Lipinski definition) is 1. The van der Waals surface area contributed by atoms with E-state index in [1.165, 1.54) is 0 Å². The van der Waals surface area contributed by atoms with Gasteiger partial charge in [-0.2, -0.15) is 0 Å². The zero-order valence-electron chi connectivity index (χ0n) is 8.58. The normalized spacial score (nSPS) is 27.2. The van der Waals surface area contributed by atoms with Gasteiger partial charge in [-0.25, -0.2) is 0 Å². The number of benzene rings is 1. The second-order valence-electron chi connectivity index (χ2n) is 4.16. The second kappa shape index (κ2) is 4.30. The number of rotatable bonds is 1. The van der Waals surface area contributed by atoms with E-state index < -0.39 is 0 Å². The van der Waals surface area contributed by atoms with Crippen LogP contribution in [-0.2, 0) is 0 Å². The summed E-state index contributed by atoms with van der Waals surface area (Å²) in [5, 5.41) is 1.39. The maximum Gasteiger partial charge on any atom is 0.0456 e. The molecule has 2 N–H and O–H groups in total. The average Bonchev–Trinajstić information content (AvgIpc) is 2.45.